The van der Waals surface area contributed by atoms with Gasteiger partial charge in [-0.1, -0.05) is 72.3 Å². The van der Waals surface area contributed by atoms with E-state index >= 15 is 0 Å². The number of aliphatic hydroxyl groups is 1. The lowest BCUT2D eigenvalue weighted by Gasteiger charge is -2.31. The van der Waals surface area contributed by atoms with E-state index in [0.717, 1.165) is 11.1 Å². The highest BCUT2D eigenvalue weighted by molar-refractivity contribution is 6.30. The summed E-state index contributed by atoms with van der Waals surface area (Å²) < 4.78 is 5.58. The first-order valence-corrected chi connectivity index (χ1v) is 10.4. The van der Waals surface area contributed by atoms with Crippen LogP contribution in [0.5, 0.6) is 0 Å². The van der Waals surface area contributed by atoms with Gasteiger partial charge in [0, 0.05) is 16.3 Å². The molecule has 5 nitrogen and oxygen atoms in total. The molecule has 2 unspecified atom stereocenters. The van der Waals surface area contributed by atoms with Crippen molar-refractivity contribution in [2.75, 3.05) is 4.90 Å². The second kappa shape index (κ2) is 7.92. The van der Waals surface area contributed by atoms with Crippen molar-refractivity contribution < 1.29 is 14.6 Å². The molecule has 1 amide bonds. The molecule has 156 valence electrons. The molecule has 0 radical (unpaired) electrons. The van der Waals surface area contributed by atoms with E-state index < -0.39 is 17.9 Å². The smallest absolute Gasteiger partial charge is 0.297 e. The number of para-hydroxylation sites is 1. The first-order chi connectivity index (χ1) is 15.6. The lowest BCUT2D eigenvalue weighted by atomic mass is 9.79. The Kier molecular flexibility index (Phi) is 4.93. The number of nitriles is 1. The molecule has 6 heteroatoms. The number of rotatable bonds is 3. The number of anilines is 1. The number of benzene rings is 3. The van der Waals surface area contributed by atoms with Gasteiger partial charge in [-0.25, -0.2) is 0 Å². The molecular formula is C26H17ClN2O3. The maximum absolute atomic E-state index is 13.6. The molecule has 32 heavy (non-hydrogen) atoms. The van der Waals surface area contributed by atoms with E-state index in [1.807, 2.05) is 60.7 Å². The fraction of sp³-hybridized carbons (Fsp3) is 0.0769. The summed E-state index contributed by atoms with van der Waals surface area (Å²) in [5, 5.41) is 21.0. The first kappa shape index (κ1) is 19.9. The van der Waals surface area contributed by atoms with Gasteiger partial charge >= 0.3 is 0 Å². The van der Waals surface area contributed by atoms with Crippen molar-refractivity contribution in [3.05, 3.63) is 124 Å². The molecule has 5 rings (SSSR count). The number of allylic oxidation sites excluding steroid dienone is 1. The van der Waals surface area contributed by atoms with Crippen molar-refractivity contribution in [3.8, 4) is 6.07 Å². The van der Waals surface area contributed by atoms with Gasteiger partial charge in [-0.2, -0.15) is 5.26 Å². The molecule has 3 aromatic rings. The van der Waals surface area contributed by atoms with E-state index in [9.17, 15) is 15.2 Å². The Morgan fingerprint density at radius 1 is 0.906 bits per heavy atom. The number of amides is 1. The van der Waals surface area contributed by atoms with E-state index in [2.05, 4.69) is 6.07 Å². The van der Waals surface area contributed by atoms with Gasteiger partial charge in [0.2, 0.25) is 0 Å². The first-order valence-electron chi connectivity index (χ1n) is 10.0. The van der Waals surface area contributed by atoms with Crippen molar-refractivity contribution in [2.45, 2.75) is 12.0 Å². The second-order valence-electron chi connectivity index (χ2n) is 7.53. The van der Waals surface area contributed by atoms with Crippen LogP contribution < -0.4 is 4.90 Å². The summed E-state index contributed by atoms with van der Waals surface area (Å²) in [5.74, 6) is -1.55. The summed E-state index contributed by atoms with van der Waals surface area (Å²) >= 11 is 6.09. The van der Waals surface area contributed by atoms with Crippen LogP contribution in [0.25, 0.3) is 0 Å². The Balaban J connectivity index is 1.75. The summed E-state index contributed by atoms with van der Waals surface area (Å²) in [6.07, 6.45) is 0. The molecule has 2 aliphatic rings. The predicted octanol–water partition coefficient (Wildman–Crippen LogP) is 5.79. The Morgan fingerprint density at radius 2 is 1.53 bits per heavy atom. The van der Waals surface area contributed by atoms with Gasteiger partial charge in [0.15, 0.2) is 5.76 Å². The van der Waals surface area contributed by atoms with E-state index in [1.54, 1.807) is 29.2 Å². The number of nitrogens with zero attached hydrogens (tertiary/aromatic N) is 2. The van der Waals surface area contributed by atoms with Gasteiger partial charge in [-0.3, -0.25) is 9.69 Å². The third-order valence-corrected chi connectivity index (χ3v) is 5.98. The van der Waals surface area contributed by atoms with Crippen LogP contribution in [-0.2, 0) is 9.53 Å². The third kappa shape index (κ3) is 3.13. The lowest BCUT2D eigenvalue weighted by Crippen LogP contribution is -2.30. The van der Waals surface area contributed by atoms with Crippen molar-refractivity contribution in [1.29, 1.82) is 5.26 Å². The molecule has 0 aromatic heterocycles. The molecule has 1 N–H and O–H groups in total. The van der Waals surface area contributed by atoms with Crippen molar-refractivity contribution in [2.24, 2.45) is 0 Å². The van der Waals surface area contributed by atoms with Crippen LogP contribution in [0.15, 0.2) is 108 Å². The van der Waals surface area contributed by atoms with Crippen molar-refractivity contribution in [1.82, 2.24) is 0 Å². The number of halogens is 1. The van der Waals surface area contributed by atoms with Gasteiger partial charge in [-0.05, 0) is 35.4 Å². The molecule has 0 spiro atoms. The van der Waals surface area contributed by atoms with Crippen LogP contribution in [-0.4, -0.2) is 11.0 Å². The Morgan fingerprint density at radius 3 is 2.16 bits per heavy atom. The summed E-state index contributed by atoms with van der Waals surface area (Å²) in [6, 6.07) is 27.5. The maximum atomic E-state index is 13.6. The molecule has 0 fully saturated rings. The zero-order valence-electron chi connectivity index (χ0n) is 16.8. The fourth-order valence-electron chi connectivity index (χ4n) is 4.37. The lowest BCUT2D eigenvalue weighted by molar-refractivity contribution is -0.118. The minimum absolute atomic E-state index is 0.0409. The average molecular weight is 441 g/mol. The number of aliphatic hydroxyl groups excluding tert-OH is 1. The zero-order chi connectivity index (χ0) is 22.2. The van der Waals surface area contributed by atoms with Crippen LogP contribution in [0, 0.1) is 11.3 Å². The van der Waals surface area contributed by atoms with Crippen LogP contribution in [0.2, 0.25) is 5.02 Å². The normalized spacial score (nSPS) is 20.1. The Bertz CT molecular complexity index is 1290. The molecule has 2 aliphatic heterocycles. The topological polar surface area (TPSA) is 73.6 Å². The van der Waals surface area contributed by atoms with Gasteiger partial charge in [-0.15, -0.1) is 0 Å². The van der Waals surface area contributed by atoms with Crippen LogP contribution in [0.4, 0.5) is 5.69 Å². The minimum Gasteiger partial charge on any atom is -0.480 e. The Labute approximate surface area is 190 Å². The molecule has 0 bridgehead atoms. The van der Waals surface area contributed by atoms with E-state index in [4.69, 9.17) is 16.3 Å². The van der Waals surface area contributed by atoms with Crippen molar-refractivity contribution in [3.63, 3.8) is 0 Å². The summed E-state index contributed by atoms with van der Waals surface area (Å²) in [7, 11) is 0. The third-order valence-electron chi connectivity index (χ3n) is 5.73. The van der Waals surface area contributed by atoms with Crippen molar-refractivity contribution >= 4 is 23.2 Å². The van der Waals surface area contributed by atoms with Crippen LogP contribution in [0.1, 0.15) is 23.1 Å². The standard InChI is InChI=1S/C26H17ClN2O3/c27-18-13-11-16(12-14-18)21-20(15-28)26(31)32-24-22(21)23(17-7-3-1-4-8-17)29(25(24)30)19-9-5-2-6-10-19/h1-14,21,23,31H. The van der Waals surface area contributed by atoms with Crippen LogP contribution in [0.3, 0.4) is 0 Å². The number of carbonyl (C=O) groups is 1. The number of hydrogen-bond acceptors (Lipinski definition) is 4. The highest BCUT2D eigenvalue weighted by atomic mass is 35.5. The quantitative estimate of drug-likeness (QED) is 0.559. The maximum Gasteiger partial charge on any atom is 0.297 e. The summed E-state index contributed by atoms with van der Waals surface area (Å²) in [4.78, 5) is 15.3. The number of carbonyl (C=O) groups excluding carboxylic acids is 1. The Hall–Kier alpha value is -4.01. The molecule has 0 saturated heterocycles. The molecule has 0 aliphatic carbocycles. The van der Waals surface area contributed by atoms with Gasteiger partial charge < -0.3 is 9.84 Å². The molecule has 3 aromatic carbocycles. The fourth-order valence-corrected chi connectivity index (χ4v) is 4.49. The van der Waals surface area contributed by atoms with E-state index in [-0.39, 0.29) is 17.2 Å². The molecule has 0 saturated carbocycles. The highest BCUT2D eigenvalue weighted by Gasteiger charge is 2.50. The molecular weight excluding hydrogens is 424 g/mol. The molecule has 2 atom stereocenters. The number of ether oxygens (including phenoxy) is 1. The predicted molar refractivity (Wildman–Crippen MR) is 121 cm³/mol. The second-order valence-corrected chi connectivity index (χ2v) is 7.96. The monoisotopic (exact) mass is 440 g/mol. The number of hydrogen-bond donors (Lipinski definition) is 1. The van der Waals surface area contributed by atoms with E-state index in [1.165, 1.54) is 0 Å². The largest absolute Gasteiger partial charge is 0.480 e. The summed E-state index contributed by atoms with van der Waals surface area (Å²) in [6.45, 7) is 0. The van der Waals surface area contributed by atoms with Gasteiger partial charge in [0.05, 0.1) is 12.0 Å². The SMILES string of the molecule is N#CC1=C(O)OC2=C(C1c1ccc(Cl)cc1)C(c1ccccc1)N(c1ccccc1)C2=O. The highest BCUT2D eigenvalue weighted by Crippen LogP contribution is 2.52. The minimum atomic E-state index is -0.663. The zero-order valence-corrected chi connectivity index (χ0v) is 17.5. The van der Waals surface area contributed by atoms with E-state index in [0.29, 0.717) is 16.3 Å². The molecule has 2 heterocycles. The van der Waals surface area contributed by atoms with Gasteiger partial charge in [0.25, 0.3) is 11.9 Å². The van der Waals surface area contributed by atoms with Crippen LogP contribution >= 0.6 is 11.6 Å². The summed E-state index contributed by atoms with van der Waals surface area (Å²) in [5.41, 5.74) is 2.96. The van der Waals surface area contributed by atoms with Gasteiger partial charge in [0.1, 0.15) is 11.6 Å². The average Bonchev–Trinajstić information content (AvgIpc) is 3.12.